The summed E-state index contributed by atoms with van der Waals surface area (Å²) in [6.45, 7) is 4.11. The summed E-state index contributed by atoms with van der Waals surface area (Å²) in [6.07, 6.45) is 4.80. The van der Waals surface area contributed by atoms with Gasteiger partial charge in [-0.2, -0.15) is 0 Å². The Labute approximate surface area is 143 Å². The Balaban J connectivity index is 2.00. The molecule has 126 valence electrons. The standard InChI is InChI=1S/C19H16FN3O2/c1-2-9-23-17(18(24)22-12-13-5-7-21-8-6-13)11-14-10-15(20)3-4-16(14)19(23)25/h2-8,10-11H,1,9,12H2,(H,22,24). The van der Waals surface area contributed by atoms with Crippen LogP contribution in [0, 0.1) is 5.82 Å². The number of allylic oxidation sites excluding steroid dienone is 1. The highest BCUT2D eigenvalue weighted by Crippen LogP contribution is 2.14. The minimum absolute atomic E-state index is 0.164. The monoisotopic (exact) mass is 337 g/mol. The first-order chi connectivity index (χ1) is 12.1. The normalized spacial score (nSPS) is 10.6. The smallest absolute Gasteiger partial charge is 0.268 e. The topological polar surface area (TPSA) is 64.0 Å². The lowest BCUT2D eigenvalue weighted by Crippen LogP contribution is -2.32. The zero-order chi connectivity index (χ0) is 17.8. The van der Waals surface area contributed by atoms with Crippen molar-refractivity contribution in [3.8, 4) is 0 Å². The number of hydrogen-bond donors (Lipinski definition) is 1. The molecule has 0 fully saturated rings. The number of carbonyl (C=O) groups is 1. The summed E-state index contributed by atoms with van der Waals surface area (Å²) in [5, 5.41) is 3.51. The molecule has 0 radical (unpaired) electrons. The van der Waals surface area contributed by atoms with Crippen LogP contribution >= 0.6 is 0 Å². The number of rotatable bonds is 5. The Bertz CT molecular complexity index is 997. The molecule has 0 atom stereocenters. The number of halogens is 1. The first-order valence-corrected chi connectivity index (χ1v) is 7.71. The molecule has 2 heterocycles. The summed E-state index contributed by atoms with van der Waals surface area (Å²) in [5.74, 6) is -0.876. The van der Waals surface area contributed by atoms with Gasteiger partial charge >= 0.3 is 0 Å². The lowest BCUT2D eigenvalue weighted by molar-refractivity contribution is 0.0941. The molecule has 6 heteroatoms. The van der Waals surface area contributed by atoms with Gasteiger partial charge in [0, 0.05) is 30.9 Å². The number of nitrogens with one attached hydrogen (secondary N) is 1. The second-order valence-corrected chi connectivity index (χ2v) is 5.50. The Morgan fingerprint density at radius 1 is 1.24 bits per heavy atom. The highest BCUT2D eigenvalue weighted by Gasteiger charge is 2.15. The molecular formula is C19H16FN3O2. The zero-order valence-electron chi connectivity index (χ0n) is 13.4. The summed E-state index contributed by atoms with van der Waals surface area (Å²) < 4.78 is 14.8. The van der Waals surface area contributed by atoms with E-state index in [4.69, 9.17) is 0 Å². The Morgan fingerprint density at radius 2 is 2.00 bits per heavy atom. The van der Waals surface area contributed by atoms with Crippen LogP contribution in [-0.2, 0) is 13.1 Å². The molecule has 0 aliphatic rings. The molecule has 3 aromatic rings. The molecule has 0 bridgehead atoms. The maximum Gasteiger partial charge on any atom is 0.268 e. The molecule has 5 nitrogen and oxygen atoms in total. The van der Waals surface area contributed by atoms with Gasteiger partial charge in [-0.3, -0.25) is 19.1 Å². The minimum Gasteiger partial charge on any atom is -0.347 e. The molecule has 0 saturated heterocycles. The largest absolute Gasteiger partial charge is 0.347 e. The molecule has 0 aliphatic heterocycles. The Kier molecular flexibility index (Phi) is 4.70. The van der Waals surface area contributed by atoms with Gasteiger partial charge in [-0.1, -0.05) is 6.08 Å². The van der Waals surface area contributed by atoms with Crippen LogP contribution in [0.3, 0.4) is 0 Å². The quantitative estimate of drug-likeness (QED) is 0.728. The van der Waals surface area contributed by atoms with Gasteiger partial charge in [0.05, 0.1) is 0 Å². The number of fused-ring (bicyclic) bond motifs is 1. The lowest BCUT2D eigenvalue weighted by Gasteiger charge is -2.13. The summed E-state index contributed by atoms with van der Waals surface area (Å²) in [5.41, 5.74) is 0.691. The predicted octanol–water partition coefficient (Wildman–Crippen LogP) is 2.65. The van der Waals surface area contributed by atoms with Gasteiger partial charge in [-0.15, -0.1) is 6.58 Å². The van der Waals surface area contributed by atoms with E-state index in [1.807, 2.05) is 0 Å². The minimum atomic E-state index is -0.462. The van der Waals surface area contributed by atoms with Crippen LogP contribution in [0.1, 0.15) is 16.1 Å². The highest BCUT2D eigenvalue weighted by atomic mass is 19.1. The van der Waals surface area contributed by atoms with Gasteiger partial charge in [0.25, 0.3) is 11.5 Å². The maximum atomic E-state index is 13.5. The van der Waals surface area contributed by atoms with Crippen molar-refractivity contribution in [1.29, 1.82) is 0 Å². The van der Waals surface area contributed by atoms with Gasteiger partial charge in [0.2, 0.25) is 0 Å². The van der Waals surface area contributed by atoms with Crippen molar-refractivity contribution in [2.45, 2.75) is 13.1 Å². The van der Waals surface area contributed by atoms with Gasteiger partial charge in [0.1, 0.15) is 11.5 Å². The van der Waals surface area contributed by atoms with Crippen LogP contribution in [0.25, 0.3) is 10.8 Å². The van der Waals surface area contributed by atoms with Gasteiger partial charge in [0.15, 0.2) is 0 Å². The molecule has 1 amide bonds. The van der Waals surface area contributed by atoms with Gasteiger partial charge in [-0.25, -0.2) is 4.39 Å². The maximum absolute atomic E-state index is 13.5. The average Bonchev–Trinajstić information content (AvgIpc) is 2.62. The molecule has 1 N–H and O–H groups in total. The number of pyridine rings is 2. The van der Waals surface area contributed by atoms with Crippen LogP contribution < -0.4 is 10.9 Å². The van der Waals surface area contributed by atoms with Crippen LogP contribution in [0.5, 0.6) is 0 Å². The van der Waals surface area contributed by atoms with E-state index >= 15 is 0 Å². The lowest BCUT2D eigenvalue weighted by atomic mass is 10.1. The van der Waals surface area contributed by atoms with Crippen LogP contribution in [-0.4, -0.2) is 15.5 Å². The van der Waals surface area contributed by atoms with Crippen molar-refractivity contribution < 1.29 is 9.18 Å². The fourth-order valence-corrected chi connectivity index (χ4v) is 2.60. The molecule has 0 spiro atoms. The van der Waals surface area contributed by atoms with Crippen molar-refractivity contribution in [3.63, 3.8) is 0 Å². The third-order valence-corrected chi connectivity index (χ3v) is 3.82. The molecule has 3 rings (SSSR count). The van der Waals surface area contributed by atoms with Crippen molar-refractivity contribution >= 4 is 16.7 Å². The Morgan fingerprint density at radius 3 is 2.72 bits per heavy atom. The first kappa shape index (κ1) is 16.6. The summed E-state index contributed by atoms with van der Waals surface area (Å²) in [7, 11) is 0. The first-order valence-electron chi connectivity index (χ1n) is 7.71. The summed E-state index contributed by atoms with van der Waals surface area (Å²) >= 11 is 0. The van der Waals surface area contributed by atoms with E-state index in [9.17, 15) is 14.0 Å². The molecule has 0 aliphatic carbocycles. The summed E-state index contributed by atoms with van der Waals surface area (Å²) in [6, 6.07) is 8.98. The molecule has 0 saturated carbocycles. The third kappa shape index (κ3) is 3.47. The number of carbonyl (C=O) groups excluding carboxylic acids is 1. The highest BCUT2D eigenvalue weighted by molar-refractivity contribution is 5.96. The van der Waals surface area contributed by atoms with Crippen molar-refractivity contribution in [2.24, 2.45) is 0 Å². The zero-order valence-corrected chi connectivity index (χ0v) is 13.4. The molecule has 0 unspecified atom stereocenters. The van der Waals surface area contributed by atoms with Gasteiger partial charge < -0.3 is 5.32 Å². The molecule has 1 aromatic carbocycles. The van der Waals surface area contributed by atoms with E-state index in [0.29, 0.717) is 17.3 Å². The second-order valence-electron chi connectivity index (χ2n) is 5.50. The fourth-order valence-electron chi connectivity index (χ4n) is 2.60. The third-order valence-electron chi connectivity index (χ3n) is 3.82. The van der Waals surface area contributed by atoms with E-state index in [0.717, 1.165) is 5.56 Å². The van der Waals surface area contributed by atoms with E-state index < -0.39 is 11.7 Å². The molecular weight excluding hydrogens is 321 g/mol. The second kappa shape index (κ2) is 7.09. The van der Waals surface area contributed by atoms with Crippen molar-refractivity contribution in [1.82, 2.24) is 14.9 Å². The number of nitrogens with zero attached hydrogens (tertiary/aromatic N) is 2. The van der Waals surface area contributed by atoms with E-state index in [-0.39, 0.29) is 17.8 Å². The number of amides is 1. The molecule has 25 heavy (non-hydrogen) atoms. The SMILES string of the molecule is C=CCn1c(C(=O)NCc2ccncc2)cc2cc(F)ccc2c1=O. The van der Waals surface area contributed by atoms with Crippen molar-refractivity contribution in [3.05, 3.63) is 88.9 Å². The summed E-state index contributed by atoms with van der Waals surface area (Å²) in [4.78, 5) is 29.1. The van der Waals surface area contributed by atoms with Crippen LogP contribution in [0.2, 0.25) is 0 Å². The van der Waals surface area contributed by atoms with Crippen LogP contribution in [0.15, 0.2) is 66.2 Å². The molecule has 2 aromatic heterocycles. The van der Waals surface area contributed by atoms with E-state index in [2.05, 4.69) is 16.9 Å². The fraction of sp³-hybridized carbons (Fsp3) is 0.105. The van der Waals surface area contributed by atoms with E-state index in [1.165, 1.54) is 34.9 Å². The number of hydrogen-bond acceptors (Lipinski definition) is 3. The van der Waals surface area contributed by atoms with Crippen LogP contribution in [0.4, 0.5) is 4.39 Å². The Hall–Kier alpha value is -3.28. The predicted molar refractivity (Wildman–Crippen MR) is 93.8 cm³/mol. The van der Waals surface area contributed by atoms with E-state index in [1.54, 1.807) is 24.5 Å². The average molecular weight is 337 g/mol. The van der Waals surface area contributed by atoms with Gasteiger partial charge in [-0.05, 0) is 47.3 Å². The number of aromatic nitrogens is 2. The van der Waals surface area contributed by atoms with Crippen molar-refractivity contribution in [2.75, 3.05) is 0 Å². The number of benzene rings is 1.